The van der Waals surface area contributed by atoms with Crippen molar-refractivity contribution in [3.05, 3.63) is 11.6 Å². The molecule has 1 aliphatic heterocycles. The Morgan fingerprint density at radius 1 is 1.41 bits per heavy atom. The summed E-state index contributed by atoms with van der Waals surface area (Å²) in [5.74, 6) is 2.88. The summed E-state index contributed by atoms with van der Waals surface area (Å²) in [5, 5.41) is 14.6. The summed E-state index contributed by atoms with van der Waals surface area (Å²) >= 11 is 0. The molecule has 2 heterocycles. The first-order valence-corrected chi connectivity index (χ1v) is 5.64. The highest BCUT2D eigenvalue weighted by Gasteiger charge is 2.15. The van der Waals surface area contributed by atoms with Crippen LogP contribution in [-0.2, 0) is 19.5 Å². The molecule has 0 saturated carbocycles. The van der Waals surface area contributed by atoms with Crippen molar-refractivity contribution in [3.8, 4) is 0 Å². The van der Waals surface area contributed by atoms with Gasteiger partial charge in [0.25, 0.3) is 0 Å². The summed E-state index contributed by atoms with van der Waals surface area (Å²) in [6.07, 6.45) is 3.50. The lowest BCUT2D eigenvalue weighted by atomic mass is 10.2. The number of aromatic nitrogens is 3. The molecule has 0 bridgehead atoms. The second-order valence-electron chi connectivity index (χ2n) is 3.82. The van der Waals surface area contributed by atoms with Crippen LogP contribution in [0.25, 0.3) is 0 Å². The van der Waals surface area contributed by atoms with Crippen LogP contribution in [0.2, 0.25) is 0 Å². The SMILES string of the molecule is CN=C(NC)NCc1nnc2n1CCCC2.I. The van der Waals surface area contributed by atoms with Crippen molar-refractivity contribution in [2.24, 2.45) is 4.99 Å². The molecule has 96 valence electrons. The Balaban J connectivity index is 0.00000144. The molecule has 1 aromatic rings. The number of halogens is 1. The number of rotatable bonds is 2. The first kappa shape index (κ1) is 14.2. The highest BCUT2D eigenvalue weighted by molar-refractivity contribution is 14.0. The maximum Gasteiger partial charge on any atom is 0.191 e. The van der Waals surface area contributed by atoms with Gasteiger partial charge in [-0.05, 0) is 12.8 Å². The smallest absolute Gasteiger partial charge is 0.191 e. The molecule has 6 nitrogen and oxygen atoms in total. The Bertz CT molecular complexity index is 386. The molecule has 0 saturated heterocycles. The Morgan fingerprint density at radius 3 is 2.94 bits per heavy atom. The van der Waals surface area contributed by atoms with Gasteiger partial charge in [0.2, 0.25) is 0 Å². The third-order valence-corrected chi connectivity index (χ3v) is 2.81. The number of aliphatic imine (C=N–C) groups is 1. The monoisotopic (exact) mass is 350 g/mol. The van der Waals surface area contributed by atoms with E-state index < -0.39 is 0 Å². The van der Waals surface area contributed by atoms with Gasteiger partial charge in [0, 0.05) is 27.1 Å². The predicted molar refractivity (Wildman–Crippen MR) is 77.6 cm³/mol. The van der Waals surface area contributed by atoms with Crippen LogP contribution in [0.5, 0.6) is 0 Å². The van der Waals surface area contributed by atoms with Crippen molar-refractivity contribution >= 4 is 29.9 Å². The minimum absolute atomic E-state index is 0. The van der Waals surface area contributed by atoms with Gasteiger partial charge < -0.3 is 15.2 Å². The van der Waals surface area contributed by atoms with Crippen LogP contribution < -0.4 is 10.6 Å². The van der Waals surface area contributed by atoms with Crippen molar-refractivity contribution in [2.75, 3.05) is 14.1 Å². The number of nitrogens with zero attached hydrogens (tertiary/aromatic N) is 4. The van der Waals surface area contributed by atoms with Crippen molar-refractivity contribution in [2.45, 2.75) is 32.4 Å². The minimum Gasteiger partial charge on any atom is -0.359 e. The van der Waals surface area contributed by atoms with Gasteiger partial charge in [0.05, 0.1) is 6.54 Å². The van der Waals surface area contributed by atoms with Crippen LogP contribution in [0.3, 0.4) is 0 Å². The van der Waals surface area contributed by atoms with Gasteiger partial charge in [0.1, 0.15) is 5.82 Å². The molecule has 1 aromatic heterocycles. The van der Waals surface area contributed by atoms with E-state index in [1.165, 1.54) is 12.8 Å². The number of hydrogen-bond acceptors (Lipinski definition) is 3. The van der Waals surface area contributed by atoms with E-state index in [1.807, 2.05) is 7.05 Å². The summed E-state index contributed by atoms with van der Waals surface area (Å²) in [5.41, 5.74) is 0. The van der Waals surface area contributed by atoms with Gasteiger partial charge in [-0.3, -0.25) is 4.99 Å². The molecule has 0 aliphatic carbocycles. The van der Waals surface area contributed by atoms with Crippen LogP contribution in [0.1, 0.15) is 24.5 Å². The van der Waals surface area contributed by atoms with E-state index in [-0.39, 0.29) is 24.0 Å². The molecule has 7 heteroatoms. The maximum absolute atomic E-state index is 4.21. The predicted octanol–water partition coefficient (Wildman–Crippen LogP) is 0.527. The zero-order valence-corrected chi connectivity index (χ0v) is 12.6. The first-order valence-electron chi connectivity index (χ1n) is 5.64. The molecule has 0 amide bonds. The average Bonchev–Trinajstić information content (AvgIpc) is 2.74. The van der Waals surface area contributed by atoms with Crippen LogP contribution in [-0.4, -0.2) is 34.8 Å². The zero-order chi connectivity index (χ0) is 11.4. The third-order valence-electron chi connectivity index (χ3n) is 2.81. The van der Waals surface area contributed by atoms with Crippen LogP contribution >= 0.6 is 24.0 Å². The van der Waals surface area contributed by atoms with E-state index in [1.54, 1.807) is 7.05 Å². The fourth-order valence-electron chi connectivity index (χ4n) is 1.94. The molecule has 0 fully saturated rings. The van der Waals surface area contributed by atoms with Gasteiger partial charge in [-0.25, -0.2) is 0 Å². The third kappa shape index (κ3) is 3.30. The lowest BCUT2D eigenvalue weighted by molar-refractivity contribution is 0.505. The van der Waals surface area contributed by atoms with E-state index in [2.05, 4.69) is 30.4 Å². The number of fused-ring (bicyclic) bond motifs is 1. The molecule has 1 aliphatic rings. The fraction of sp³-hybridized carbons (Fsp3) is 0.700. The highest BCUT2D eigenvalue weighted by Crippen LogP contribution is 2.13. The summed E-state index contributed by atoms with van der Waals surface area (Å²) in [6.45, 7) is 1.71. The summed E-state index contributed by atoms with van der Waals surface area (Å²) in [4.78, 5) is 4.06. The average molecular weight is 350 g/mol. The van der Waals surface area contributed by atoms with E-state index in [9.17, 15) is 0 Å². The number of nitrogens with one attached hydrogen (secondary N) is 2. The Kier molecular flexibility index (Phi) is 5.66. The molecule has 0 aromatic carbocycles. The van der Waals surface area contributed by atoms with E-state index in [0.717, 1.165) is 30.6 Å². The van der Waals surface area contributed by atoms with Crippen molar-refractivity contribution < 1.29 is 0 Å². The molecule has 0 radical (unpaired) electrons. The number of hydrogen-bond donors (Lipinski definition) is 2. The van der Waals surface area contributed by atoms with E-state index in [4.69, 9.17) is 0 Å². The Morgan fingerprint density at radius 2 is 2.24 bits per heavy atom. The van der Waals surface area contributed by atoms with Gasteiger partial charge in [0.15, 0.2) is 11.8 Å². The van der Waals surface area contributed by atoms with Crippen LogP contribution in [0, 0.1) is 0 Å². The van der Waals surface area contributed by atoms with Gasteiger partial charge in [-0.15, -0.1) is 34.2 Å². The first-order chi connectivity index (χ1) is 7.85. The highest BCUT2D eigenvalue weighted by atomic mass is 127. The molecule has 0 spiro atoms. The van der Waals surface area contributed by atoms with Gasteiger partial charge in [-0.1, -0.05) is 0 Å². The van der Waals surface area contributed by atoms with Crippen molar-refractivity contribution in [1.82, 2.24) is 25.4 Å². The summed E-state index contributed by atoms with van der Waals surface area (Å²) in [7, 11) is 3.59. The second kappa shape index (κ2) is 6.77. The maximum atomic E-state index is 4.21. The minimum atomic E-state index is 0. The normalized spacial score (nSPS) is 14.8. The molecule has 2 rings (SSSR count). The van der Waals surface area contributed by atoms with Gasteiger partial charge >= 0.3 is 0 Å². The Labute approximate surface area is 118 Å². The standard InChI is InChI=1S/C10H18N6.HI/c1-11-10(12-2)13-7-9-15-14-8-5-3-4-6-16(8)9;/h3-7H2,1-2H3,(H2,11,12,13);1H. The van der Waals surface area contributed by atoms with Gasteiger partial charge in [-0.2, -0.15) is 0 Å². The molecular formula is C10H19IN6. The topological polar surface area (TPSA) is 67.1 Å². The largest absolute Gasteiger partial charge is 0.359 e. The van der Waals surface area contributed by atoms with Crippen molar-refractivity contribution in [3.63, 3.8) is 0 Å². The summed E-state index contributed by atoms with van der Waals surface area (Å²) < 4.78 is 2.21. The molecule has 17 heavy (non-hydrogen) atoms. The lowest BCUT2D eigenvalue weighted by Gasteiger charge is -2.15. The molecule has 0 unspecified atom stereocenters. The van der Waals surface area contributed by atoms with Crippen LogP contribution in [0.15, 0.2) is 4.99 Å². The second-order valence-corrected chi connectivity index (χ2v) is 3.82. The summed E-state index contributed by atoms with van der Waals surface area (Å²) in [6, 6.07) is 0. The quantitative estimate of drug-likeness (QED) is 0.464. The lowest BCUT2D eigenvalue weighted by Crippen LogP contribution is -2.35. The van der Waals surface area contributed by atoms with Crippen LogP contribution in [0.4, 0.5) is 0 Å². The fourth-order valence-corrected chi connectivity index (χ4v) is 1.94. The van der Waals surface area contributed by atoms with E-state index in [0.29, 0.717) is 6.54 Å². The molecule has 0 atom stereocenters. The van der Waals surface area contributed by atoms with Crippen molar-refractivity contribution in [1.29, 1.82) is 0 Å². The Hall–Kier alpha value is -0.860. The molecule has 2 N–H and O–H groups in total. The number of aryl methyl sites for hydroxylation is 1. The van der Waals surface area contributed by atoms with E-state index >= 15 is 0 Å². The zero-order valence-electron chi connectivity index (χ0n) is 10.2. The number of guanidine groups is 1. The molecular weight excluding hydrogens is 331 g/mol.